The summed E-state index contributed by atoms with van der Waals surface area (Å²) in [6.45, 7) is 1.93. The fourth-order valence-electron chi connectivity index (χ4n) is 1.82. The van der Waals surface area contributed by atoms with E-state index in [-0.39, 0.29) is 11.5 Å². The molecule has 0 unspecified atom stereocenters. The number of carbonyl (C=O) groups is 2. The number of amides is 1. The molecule has 0 aliphatic heterocycles. The number of anilines is 1. The first-order chi connectivity index (χ1) is 10.0. The highest BCUT2D eigenvalue weighted by atomic mass is 32.1. The topological polar surface area (TPSA) is 79.3 Å². The fraction of sp³-hybridized carbons (Fsp3) is 0.0714. The number of rotatable bonds is 3. The van der Waals surface area contributed by atoms with Gasteiger partial charge in [-0.2, -0.15) is 0 Å². The second kappa shape index (κ2) is 5.27. The summed E-state index contributed by atoms with van der Waals surface area (Å²) in [5.41, 5.74) is 1.92. The molecule has 0 aliphatic rings. The van der Waals surface area contributed by atoms with Gasteiger partial charge in [0.2, 0.25) is 0 Å². The van der Waals surface area contributed by atoms with Crippen LogP contribution in [0.15, 0.2) is 29.6 Å². The van der Waals surface area contributed by atoms with E-state index >= 15 is 0 Å². The molecule has 106 valence electrons. The lowest BCUT2D eigenvalue weighted by Crippen LogP contribution is -2.09. The van der Waals surface area contributed by atoms with Crippen molar-refractivity contribution in [2.45, 2.75) is 6.92 Å². The molecule has 2 N–H and O–H groups in total. The average Bonchev–Trinajstić information content (AvgIpc) is 3.03. The Kier molecular flexibility index (Phi) is 3.44. The third-order valence-corrected chi connectivity index (χ3v) is 4.79. The predicted molar refractivity (Wildman–Crippen MR) is 83.6 cm³/mol. The molecule has 0 aliphatic carbocycles. The number of aryl methyl sites for hydroxylation is 1. The molecule has 1 amide bonds. The van der Waals surface area contributed by atoms with E-state index in [1.807, 2.05) is 18.4 Å². The van der Waals surface area contributed by atoms with Crippen LogP contribution in [0.4, 0.5) is 5.13 Å². The molecule has 3 rings (SSSR count). The highest BCUT2D eigenvalue weighted by Gasteiger charge is 2.12. The van der Waals surface area contributed by atoms with E-state index < -0.39 is 5.97 Å². The van der Waals surface area contributed by atoms with E-state index in [4.69, 9.17) is 5.11 Å². The number of thiophene rings is 1. The van der Waals surface area contributed by atoms with Crippen LogP contribution in [0, 0.1) is 6.92 Å². The van der Waals surface area contributed by atoms with Crippen LogP contribution in [0.3, 0.4) is 0 Å². The number of fused-ring (bicyclic) bond motifs is 1. The van der Waals surface area contributed by atoms with Gasteiger partial charge in [0, 0.05) is 0 Å². The van der Waals surface area contributed by atoms with Gasteiger partial charge in [-0.05, 0) is 42.1 Å². The van der Waals surface area contributed by atoms with Gasteiger partial charge in [0.1, 0.15) is 0 Å². The molecule has 0 bridgehead atoms. The lowest BCUT2D eigenvalue weighted by atomic mass is 10.2. The van der Waals surface area contributed by atoms with Crippen molar-refractivity contribution in [2.75, 3.05) is 5.32 Å². The molecule has 1 aromatic carbocycles. The van der Waals surface area contributed by atoms with Crippen molar-refractivity contribution in [1.82, 2.24) is 4.98 Å². The lowest BCUT2D eigenvalue weighted by Gasteiger charge is -1.96. The van der Waals surface area contributed by atoms with Crippen LogP contribution in [-0.4, -0.2) is 22.0 Å². The van der Waals surface area contributed by atoms with Crippen molar-refractivity contribution >= 4 is 49.9 Å². The molecule has 2 aromatic heterocycles. The fourth-order valence-corrected chi connectivity index (χ4v) is 3.51. The van der Waals surface area contributed by atoms with Crippen LogP contribution < -0.4 is 5.32 Å². The standard InChI is InChI=1S/C14H10N2O3S2/c1-7-4-11(20-6-7)12(17)16-14-15-9-3-2-8(13(18)19)5-10(9)21-14/h2-6H,1H3,(H,18,19)(H,15,16,17). The van der Waals surface area contributed by atoms with E-state index in [9.17, 15) is 9.59 Å². The predicted octanol–water partition coefficient (Wildman–Crippen LogP) is 3.62. The van der Waals surface area contributed by atoms with E-state index in [0.29, 0.717) is 15.5 Å². The van der Waals surface area contributed by atoms with Crippen LogP contribution >= 0.6 is 22.7 Å². The number of benzene rings is 1. The second-order valence-electron chi connectivity index (χ2n) is 4.45. The van der Waals surface area contributed by atoms with Crippen LogP contribution in [0.25, 0.3) is 10.2 Å². The summed E-state index contributed by atoms with van der Waals surface area (Å²) in [7, 11) is 0. The molecule has 2 heterocycles. The molecule has 0 saturated carbocycles. The van der Waals surface area contributed by atoms with Gasteiger partial charge in [0.15, 0.2) is 5.13 Å². The maximum atomic E-state index is 12.1. The van der Waals surface area contributed by atoms with E-state index in [2.05, 4.69) is 10.3 Å². The van der Waals surface area contributed by atoms with Gasteiger partial charge in [0.05, 0.1) is 20.7 Å². The van der Waals surface area contributed by atoms with Gasteiger partial charge in [-0.25, -0.2) is 9.78 Å². The van der Waals surface area contributed by atoms with Crippen molar-refractivity contribution in [3.05, 3.63) is 45.6 Å². The molecule has 0 fully saturated rings. The summed E-state index contributed by atoms with van der Waals surface area (Å²) < 4.78 is 0.729. The van der Waals surface area contributed by atoms with Gasteiger partial charge >= 0.3 is 5.97 Å². The summed E-state index contributed by atoms with van der Waals surface area (Å²) in [6, 6.07) is 6.51. The van der Waals surface area contributed by atoms with Gasteiger partial charge in [-0.1, -0.05) is 11.3 Å². The Bertz CT molecular complexity index is 851. The van der Waals surface area contributed by atoms with Gasteiger partial charge < -0.3 is 5.11 Å². The minimum absolute atomic E-state index is 0.203. The van der Waals surface area contributed by atoms with Crippen molar-refractivity contribution in [1.29, 1.82) is 0 Å². The zero-order valence-electron chi connectivity index (χ0n) is 10.9. The van der Waals surface area contributed by atoms with Crippen LogP contribution in [0.1, 0.15) is 25.6 Å². The Morgan fingerprint density at radius 3 is 2.76 bits per heavy atom. The third-order valence-electron chi connectivity index (χ3n) is 2.81. The molecule has 0 atom stereocenters. The van der Waals surface area contributed by atoms with Gasteiger partial charge in [-0.3, -0.25) is 10.1 Å². The third kappa shape index (κ3) is 2.79. The van der Waals surface area contributed by atoms with E-state index in [0.717, 1.165) is 10.3 Å². The summed E-state index contributed by atoms with van der Waals surface area (Å²) in [5, 5.41) is 14.1. The molecular formula is C14H10N2O3S2. The number of carbonyl (C=O) groups excluding carboxylic acids is 1. The summed E-state index contributed by atoms with van der Waals surface area (Å²) in [4.78, 5) is 27.9. The quantitative estimate of drug-likeness (QED) is 0.773. The van der Waals surface area contributed by atoms with E-state index in [1.165, 1.54) is 28.7 Å². The van der Waals surface area contributed by atoms with Crippen molar-refractivity contribution in [2.24, 2.45) is 0 Å². The Morgan fingerprint density at radius 2 is 2.10 bits per heavy atom. The second-order valence-corrected chi connectivity index (χ2v) is 6.39. The average molecular weight is 318 g/mol. The SMILES string of the molecule is Cc1csc(C(=O)Nc2nc3ccc(C(=O)O)cc3s2)c1. The number of nitrogens with zero attached hydrogens (tertiary/aromatic N) is 1. The Hall–Kier alpha value is -2.25. The first kappa shape index (κ1) is 13.7. The molecule has 0 saturated heterocycles. The van der Waals surface area contributed by atoms with Crippen molar-refractivity contribution in [3.63, 3.8) is 0 Å². The first-order valence-electron chi connectivity index (χ1n) is 6.03. The monoisotopic (exact) mass is 318 g/mol. The molecule has 0 radical (unpaired) electrons. The largest absolute Gasteiger partial charge is 0.478 e. The number of thiazole rings is 1. The number of hydrogen-bond acceptors (Lipinski definition) is 5. The smallest absolute Gasteiger partial charge is 0.335 e. The highest BCUT2D eigenvalue weighted by molar-refractivity contribution is 7.22. The number of aromatic carboxylic acids is 1. The Balaban J connectivity index is 1.87. The van der Waals surface area contributed by atoms with Gasteiger partial charge in [0.25, 0.3) is 5.91 Å². The molecule has 7 heteroatoms. The number of carboxylic acids is 1. The van der Waals surface area contributed by atoms with Gasteiger partial charge in [-0.15, -0.1) is 11.3 Å². The molecule has 21 heavy (non-hydrogen) atoms. The Labute approximate surface area is 127 Å². The minimum atomic E-state index is -0.982. The molecule has 5 nitrogen and oxygen atoms in total. The van der Waals surface area contributed by atoms with Crippen LogP contribution in [-0.2, 0) is 0 Å². The molecular weight excluding hydrogens is 308 g/mol. The highest BCUT2D eigenvalue weighted by Crippen LogP contribution is 2.27. The number of hydrogen-bond donors (Lipinski definition) is 2. The summed E-state index contributed by atoms with van der Waals surface area (Å²) in [6.07, 6.45) is 0. The molecule has 0 spiro atoms. The Morgan fingerprint density at radius 1 is 1.29 bits per heavy atom. The normalized spacial score (nSPS) is 10.7. The first-order valence-corrected chi connectivity index (χ1v) is 7.73. The lowest BCUT2D eigenvalue weighted by molar-refractivity contribution is 0.0697. The summed E-state index contributed by atoms with van der Waals surface area (Å²) in [5.74, 6) is -1.18. The maximum Gasteiger partial charge on any atom is 0.335 e. The van der Waals surface area contributed by atoms with Crippen molar-refractivity contribution < 1.29 is 14.7 Å². The summed E-state index contributed by atoms with van der Waals surface area (Å²) >= 11 is 2.63. The zero-order chi connectivity index (χ0) is 15.0. The maximum absolute atomic E-state index is 12.1. The number of nitrogens with one attached hydrogen (secondary N) is 1. The van der Waals surface area contributed by atoms with Crippen molar-refractivity contribution in [3.8, 4) is 0 Å². The number of carboxylic acid groups (broad SMARTS) is 1. The van der Waals surface area contributed by atoms with E-state index in [1.54, 1.807) is 12.1 Å². The van der Waals surface area contributed by atoms with Crippen LogP contribution in [0.2, 0.25) is 0 Å². The van der Waals surface area contributed by atoms with Crippen LogP contribution in [0.5, 0.6) is 0 Å². The number of aromatic nitrogens is 1. The minimum Gasteiger partial charge on any atom is -0.478 e. The molecule has 3 aromatic rings. The zero-order valence-corrected chi connectivity index (χ0v) is 12.5.